The van der Waals surface area contributed by atoms with Crippen LogP contribution in [0.4, 0.5) is 0 Å². The van der Waals surface area contributed by atoms with Crippen molar-refractivity contribution < 1.29 is 34.1 Å². The van der Waals surface area contributed by atoms with Crippen molar-refractivity contribution in [1.29, 1.82) is 5.41 Å². The summed E-state index contributed by atoms with van der Waals surface area (Å²) in [5.41, 5.74) is 7.08. The van der Waals surface area contributed by atoms with E-state index in [1.54, 1.807) is 37.3 Å². The van der Waals surface area contributed by atoms with Crippen molar-refractivity contribution in [3.05, 3.63) is 70.8 Å². The Bertz CT molecular complexity index is 1090. The van der Waals surface area contributed by atoms with Crippen LogP contribution >= 0.6 is 0 Å². The number of hydrogen-bond acceptors (Lipinski definition) is 6. The van der Waals surface area contributed by atoms with E-state index in [4.69, 9.17) is 26.1 Å². The summed E-state index contributed by atoms with van der Waals surface area (Å²) in [6, 6.07) is 12.5. The number of hydrogen-bond donors (Lipinski definition) is 4. The van der Waals surface area contributed by atoms with Crippen LogP contribution in [0, 0.1) is 5.41 Å². The quantitative estimate of drug-likeness (QED) is 0.128. The third-order valence-corrected chi connectivity index (χ3v) is 4.72. The zero-order valence-corrected chi connectivity index (χ0v) is 18.5. The van der Waals surface area contributed by atoms with Crippen molar-refractivity contribution in [3.63, 3.8) is 0 Å². The van der Waals surface area contributed by atoms with Gasteiger partial charge in [-0.15, -0.1) is 0 Å². The number of aliphatic carboxylic acids is 2. The second kappa shape index (κ2) is 12.0. The van der Waals surface area contributed by atoms with Crippen molar-refractivity contribution in [2.24, 2.45) is 5.73 Å². The van der Waals surface area contributed by atoms with Crippen LogP contribution in [0.15, 0.2) is 54.1 Å². The molecule has 0 atom stereocenters. The number of carboxylic acids is 2. The van der Waals surface area contributed by atoms with Gasteiger partial charge in [-0.3, -0.25) is 19.8 Å². The Hall–Kier alpha value is -4.47. The summed E-state index contributed by atoms with van der Waals surface area (Å²) in [4.78, 5) is 47.9. The molecular weight excluding hydrogens is 442 g/mol. The van der Waals surface area contributed by atoms with Gasteiger partial charge in [0.1, 0.15) is 11.6 Å². The molecule has 10 nitrogen and oxygen atoms in total. The molecule has 0 aliphatic rings. The van der Waals surface area contributed by atoms with Crippen molar-refractivity contribution in [3.8, 4) is 5.75 Å². The Kier molecular flexibility index (Phi) is 9.07. The van der Waals surface area contributed by atoms with Gasteiger partial charge in [0.05, 0.1) is 18.4 Å². The standard InChI is InChI=1S/C24H25N3O7/c1-15(23(32)27(12-10-20(28)29)13-11-21(30)31)14-16-2-4-18(5-3-16)24(33)34-19-8-6-17(7-9-19)22(25)26/h2-9,14H,10-13H2,1H3,(H3,25,26)(H,28,29)(H,30,31). The summed E-state index contributed by atoms with van der Waals surface area (Å²) in [7, 11) is 0. The monoisotopic (exact) mass is 467 g/mol. The fraction of sp³-hybridized carbons (Fsp3) is 0.208. The zero-order chi connectivity index (χ0) is 25.3. The number of amides is 1. The van der Waals surface area contributed by atoms with Gasteiger partial charge in [-0.1, -0.05) is 12.1 Å². The van der Waals surface area contributed by atoms with Crippen LogP contribution < -0.4 is 10.5 Å². The lowest BCUT2D eigenvalue weighted by Gasteiger charge is -2.21. The van der Waals surface area contributed by atoms with E-state index in [1.165, 1.54) is 29.2 Å². The first-order chi connectivity index (χ1) is 16.1. The second-order valence-corrected chi connectivity index (χ2v) is 7.36. The zero-order valence-electron chi connectivity index (χ0n) is 18.5. The fourth-order valence-electron chi connectivity index (χ4n) is 2.92. The van der Waals surface area contributed by atoms with Crippen LogP contribution in [-0.2, 0) is 14.4 Å². The van der Waals surface area contributed by atoms with Crippen molar-refractivity contribution in [2.45, 2.75) is 19.8 Å². The first-order valence-electron chi connectivity index (χ1n) is 10.2. The topological polar surface area (TPSA) is 171 Å². The van der Waals surface area contributed by atoms with E-state index in [0.29, 0.717) is 16.9 Å². The molecule has 10 heteroatoms. The first-order valence-corrected chi connectivity index (χ1v) is 10.2. The minimum absolute atomic E-state index is 0.0952. The van der Waals surface area contributed by atoms with Crippen LogP contribution in [0.1, 0.15) is 41.3 Å². The number of nitrogen functional groups attached to an aromatic ring is 1. The van der Waals surface area contributed by atoms with Crippen LogP contribution in [0.3, 0.4) is 0 Å². The number of carboxylic acid groups (broad SMARTS) is 2. The van der Waals surface area contributed by atoms with Gasteiger partial charge >= 0.3 is 17.9 Å². The normalized spacial score (nSPS) is 10.9. The lowest BCUT2D eigenvalue weighted by Crippen LogP contribution is -2.35. The van der Waals surface area contributed by atoms with Crippen LogP contribution in [0.2, 0.25) is 0 Å². The van der Waals surface area contributed by atoms with E-state index < -0.39 is 23.8 Å². The number of benzene rings is 2. The molecule has 2 rings (SSSR count). The molecule has 0 bridgehead atoms. The van der Waals surface area contributed by atoms with Gasteiger partial charge in [-0.2, -0.15) is 0 Å². The Balaban J connectivity index is 2.07. The van der Waals surface area contributed by atoms with E-state index >= 15 is 0 Å². The molecule has 0 fully saturated rings. The highest BCUT2D eigenvalue weighted by Gasteiger charge is 2.18. The molecule has 0 aliphatic heterocycles. The van der Waals surface area contributed by atoms with Gasteiger partial charge < -0.3 is 25.6 Å². The van der Waals surface area contributed by atoms with Gasteiger partial charge in [0, 0.05) is 24.2 Å². The second-order valence-electron chi connectivity index (χ2n) is 7.36. The predicted octanol–water partition coefficient (Wildman–Crippen LogP) is 2.37. The number of carbonyl (C=O) groups excluding carboxylic acids is 2. The van der Waals surface area contributed by atoms with Gasteiger partial charge in [-0.25, -0.2) is 4.79 Å². The van der Waals surface area contributed by atoms with Crippen molar-refractivity contribution >= 4 is 35.7 Å². The summed E-state index contributed by atoms with van der Waals surface area (Å²) in [5, 5.41) is 25.1. The Morgan fingerprint density at radius 2 is 1.41 bits per heavy atom. The smallest absolute Gasteiger partial charge is 0.343 e. The molecule has 2 aromatic carbocycles. The van der Waals surface area contributed by atoms with Crippen molar-refractivity contribution in [2.75, 3.05) is 13.1 Å². The van der Waals surface area contributed by atoms with Crippen LogP contribution in [0.5, 0.6) is 5.75 Å². The Morgan fingerprint density at radius 3 is 1.88 bits per heavy atom. The van der Waals surface area contributed by atoms with E-state index in [-0.39, 0.29) is 42.9 Å². The molecule has 0 radical (unpaired) electrons. The summed E-state index contributed by atoms with van der Waals surface area (Å²) in [6.07, 6.45) is 0.965. The average molecular weight is 467 g/mol. The largest absolute Gasteiger partial charge is 0.481 e. The molecule has 0 heterocycles. The number of nitrogens with two attached hydrogens (primary N) is 1. The minimum Gasteiger partial charge on any atom is -0.481 e. The van der Waals surface area contributed by atoms with Gasteiger partial charge in [0.25, 0.3) is 0 Å². The third-order valence-electron chi connectivity index (χ3n) is 4.72. The number of ether oxygens (including phenoxy) is 1. The lowest BCUT2D eigenvalue weighted by molar-refractivity contribution is -0.138. The molecule has 0 saturated heterocycles. The maximum atomic E-state index is 12.7. The van der Waals surface area contributed by atoms with Gasteiger partial charge in [0.2, 0.25) is 5.91 Å². The molecule has 0 saturated carbocycles. The molecule has 5 N–H and O–H groups in total. The molecule has 0 unspecified atom stereocenters. The van der Waals surface area contributed by atoms with E-state index in [1.807, 2.05) is 0 Å². The van der Waals surface area contributed by atoms with Gasteiger partial charge in [0.15, 0.2) is 0 Å². The summed E-state index contributed by atoms with van der Waals surface area (Å²) < 4.78 is 5.30. The van der Waals surface area contributed by atoms with Gasteiger partial charge in [-0.05, 0) is 55.0 Å². The number of carbonyl (C=O) groups is 4. The lowest BCUT2D eigenvalue weighted by atomic mass is 10.1. The number of nitrogens with zero attached hydrogens (tertiary/aromatic N) is 1. The van der Waals surface area contributed by atoms with Crippen LogP contribution in [0.25, 0.3) is 6.08 Å². The van der Waals surface area contributed by atoms with E-state index in [2.05, 4.69) is 0 Å². The SMILES string of the molecule is CC(=Cc1ccc(C(=O)Oc2ccc(C(=N)N)cc2)cc1)C(=O)N(CCC(=O)O)CCC(=O)O. The first kappa shape index (κ1) is 25.8. The number of esters is 1. The maximum absolute atomic E-state index is 12.7. The number of nitrogens with one attached hydrogen (secondary N) is 1. The molecule has 0 aromatic heterocycles. The highest BCUT2D eigenvalue weighted by Crippen LogP contribution is 2.16. The maximum Gasteiger partial charge on any atom is 0.343 e. The molecule has 0 spiro atoms. The Morgan fingerprint density at radius 1 is 0.912 bits per heavy atom. The molecular formula is C24H25N3O7. The molecule has 1 amide bonds. The number of rotatable bonds is 11. The van der Waals surface area contributed by atoms with Crippen molar-refractivity contribution in [1.82, 2.24) is 4.90 Å². The van der Waals surface area contributed by atoms with E-state index in [0.717, 1.165) is 0 Å². The summed E-state index contributed by atoms with van der Waals surface area (Å²) >= 11 is 0. The Labute approximate surface area is 195 Å². The molecule has 178 valence electrons. The highest BCUT2D eigenvalue weighted by atomic mass is 16.5. The van der Waals surface area contributed by atoms with E-state index in [9.17, 15) is 19.2 Å². The summed E-state index contributed by atoms with van der Waals surface area (Å²) in [6.45, 7) is 1.33. The molecule has 34 heavy (non-hydrogen) atoms. The minimum atomic E-state index is -1.09. The highest BCUT2D eigenvalue weighted by molar-refractivity contribution is 5.98. The molecule has 0 aliphatic carbocycles. The average Bonchev–Trinajstić information content (AvgIpc) is 2.79. The van der Waals surface area contributed by atoms with Crippen LogP contribution in [-0.4, -0.2) is 57.9 Å². The number of amidine groups is 1. The predicted molar refractivity (Wildman–Crippen MR) is 124 cm³/mol. The summed E-state index contributed by atoms with van der Waals surface area (Å²) in [5.74, 6) is -3.04. The fourth-order valence-corrected chi connectivity index (χ4v) is 2.92. The molecule has 2 aromatic rings. The third kappa shape index (κ3) is 7.90.